The van der Waals surface area contributed by atoms with Crippen LogP contribution in [-0.2, 0) is 5.41 Å². The fraction of sp³-hybridized carbons (Fsp3) is 0.138. The summed E-state index contributed by atoms with van der Waals surface area (Å²) in [4.78, 5) is 12.5. The molecule has 4 aromatic carbocycles. The molecule has 4 aromatic rings. The largest absolute Gasteiger partial charge is 0.497 e. The van der Waals surface area contributed by atoms with Crippen LogP contribution >= 0.6 is 0 Å². The fourth-order valence-corrected chi connectivity index (χ4v) is 3.69. The van der Waals surface area contributed by atoms with Crippen molar-refractivity contribution in [2.45, 2.75) is 19.3 Å². The SMILES string of the molecule is COc1ccc(C(C)(C)c2ccc(Oc3ccc(C(=O)c4ccc(F)cc4)cc3)cc2)cc1. The van der Waals surface area contributed by atoms with Crippen molar-refractivity contribution in [1.82, 2.24) is 0 Å². The van der Waals surface area contributed by atoms with E-state index >= 15 is 0 Å². The number of carbonyl (C=O) groups is 1. The quantitative estimate of drug-likeness (QED) is 0.286. The number of carbonyl (C=O) groups excluding carboxylic acids is 1. The van der Waals surface area contributed by atoms with Gasteiger partial charge in [-0.3, -0.25) is 4.79 Å². The third kappa shape index (κ3) is 4.96. The Morgan fingerprint density at radius 3 is 1.48 bits per heavy atom. The Bertz CT molecular complexity index is 1220. The molecule has 0 saturated heterocycles. The van der Waals surface area contributed by atoms with Crippen LogP contribution in [0.2, 0.25) is 0 Å². The maximum absolute atomic E-state index is 13.1. The predicted molar refractivity (Wildman–Crippen MR) is 128 cm³/mol. The molecule has 0 radical (unpaired) electrons. The zero-order chi connectivity index (χ0) is 23.4. The highest BCUT2D eigenvalue weighted by Crippen LogP contribution is 2.34. The van der Waals surface area contributed by atoms with Crippen LogP contribution in [0.15, 0.2) is 97.1 Å². The molecule has 0 aliphatic rings. The van der Waals surface area contributed by atoms with E-state index in [4.69, 9.17) is 9.47 Å². The van der Waals surface area contributed by atoms with Gasteiger partial charge in [-0.25, -0.2) is 4.39 Å². The molecule has 0 aromatic heterocycles. The lowest BCUT2D eigenvalue weighted by atomic mass is 9.78. The van der Waals surface area contributed by atoms with Crippen LogP contribution in [0, 0.1) is 5.82 Å². The van der Waals surface area contributed by atoms with Gasteiger partial charge in [-0.15, -0.1) is 0 Å². The molecule has 0 fully saturated rings. The van der Waals surface area contributed by atoms with Gasteiger partial charge < -0.3 is 9.47 Å². The minimum atomic E-state index is -0.367. The summed E-state index contributed by atoms with van der Waals surface area (Å²) in [5, 5.41) is 0. The molecule has 0 aliphatic carbocycles. The maximum Gasteiger partial charge on any atom is 0.193 e. The molecule has 0 heterocycles. The van der Waals surface area contributed by atoms with Crippen molar-refractivity contribution in [2.24, 2.45) is 0 Å². The minimum Gasteiger partial charge on any atom is -0.497 e. The third-order valence-electron chi connectivity index (χ3n) is 5.85. The summed E-state index contributed by atoms with van der Waals surface area (Å²) in [7, 11) is 1.66. The first-order valence-corrected chi connectivity index (χ1v) is 10.7. The van der Waals surface area contributed by atoms with E-state index in [0.717, 1.165) is 5.75 Å². The van der Waals surface area contributed by atoms with Crippen LogP contribution < -0.4 is 9.47 Å². The zero-order valence-electron chi connectivity index (χ0n) is 18.8. The summed E-state index contributed by atoms with van der Waals surface area (Å²) >= 11 is 0. The smallest absolute Gasteiger partial charge is 0.193 e. The summed E-state index contributed by atoms with van der Waals surface area (Å²) in [6.07, 6.45) is 0. The van der Waals surface area contributed by atoms with Crippen molar-refractivity contribution in [2.75, 3.05) is 7.11 Å². The van der Waals surface area contributed by atoms with Gasteiger partial charge in [0.1, 0.15) is 23.1 Å². The van der Waals surface area contributed by atoms with E-state index in [9.17, 15) is 9.18 Å². The van der Waals surface area contributed by atoms with E-state index in [0.29, 0.717) is 22.6 Å². The fourth-order valence-electron chi connectivity index (χ4n) is 3.69. The Balaban J connectivity index is 1.45. The molecule has 3 nitrogen and oxygen atoms in total. The number of benzene rings is 4. The average Bonchev–Trinajstić information content (AvgIpc) is 2.85. The first kappa shape index (κ1) is 22.3. The van der Waals surface area contributed by atoms with Crippen LogP contribution in [-0.4, -0.2) is 12.9 Å². The molecule has 0 atom stereocenters. The van der Waals surface area contributed by atoms with Crippen LogP contribution in [0.25, 0.3) is 0 Å². The van der Waals surface area contributed by atoms with Gasteiger partial charge in [0.15, 0.2) is 5.78 Å². The van der Waals surface area contributed by atoms with Crippen LogP contribution in [0.5, 0.6) is 17.2 Å². The Morgan fingerprint density at radius 1 is 0.636 bits per heavy atom. The summed E-state index contributed by atoms with van der Waals surface area (Å²) in [5.41, 5.74) is 3.15. The molecule has 4 heteroatoms. The number of methoxy groups -OCH3 is 1. The van der Waals surface area contributed by atoms with Gasteiger partial charge in [-0.2, -0.15) is 0 Å². The Kier molecular flexibility index (Phi) is 6.27. The lowest BCUT2D eigenvalue weighted by Crippen LogP contribution is -2.18. The normalized spacial score (nSPS) is 11.2. The molecule has 0 spiro atoms. The average molecular weight is 441 g/mol. The molecular formula is C29H25FO3. The second kappa shape index (κ2) is 9.29. The third-order valence-corrected chi connectivity index (χ3v) is 5.85. The number of hydrogen-bond donors (Lipinski definition) is 0. The van der Waals surface area contributed by atoms with Gasteiger partial charge in [-0.1, -0.05) is 38.1 Å². The summed E-state index contributed by atoms with van der Waals surface area (Å²) < 4.78 is 24.3. The van der Waals surface area contributed by atoms with Gasteiger partial charge in [0.05, 0.1) is 7.11 Å². The summed E-state index contributed by atoms with van der Waals surface area (Å²) in [6, 6.07) is 28.6. The van der Waals surface area contributed by atoms with Gasteiger partial charge in [-0.05, 0) is 83.9 Å². The van der Waals surface area contributed by atoms with Crippen molar-refractivity contribution in [3.63, 3.8) is 0 Å². The molecule has 4 rings (SSSR count). The number of ether oxygens (including phenoxy) is 2. The summed E-state index contributed by atoms with van der Waals surface area (Å²) in [6.45, 7) is 4.36. The topological polar surface area (TPSA) is 35.5 Å². The highest BCUT2D eigenvalue weighted by atomic mass is 19.1. The Hall–Kier alpha value is -3.92. The van der Waals surface area contributed by atoms with E-state index in [1.165, 1.54) is 35.4 Å². The first-order chi connectivity index (χ1) is 15.9. The molecule has 0 unspecified atom stereocenters. The van der Waals surface area contributed by atoms with Crippen LogP contribution in [0.1, 0.15) is 40.9 Å². The predicted octanol–water partition coefficient (Wildman–Crippen LogP) is 7.18. The van der Waals surface area contributed by atoms with Gasteiger partial charge in [0, 0.05) is 16.5 Å². The zero-order valence-corrected chi connectivity index (χ0v) is 18.8. The highest BCUT2D eigenvalue weighted by Gasteiger charge is 2.23. The second-order valence-electron chi connectivity index (χ2n) is 8.34. The van der Waals surface area contributed by atoms with E-state index in [2.05, 4.69) is 38.1 Å². The monoisotopic (exact) mass is 440 g/mol. The van der Waals surface area contributed by atoms with Crippen molar-refractivity contribution in [3.05, 3.63) is 125 Å². The lowest BCUT2D eigenvalue weighted by Gasteiger charge is -2.26. The second-order valence-corrected chi connectivity index (χ2v) is 8.34. The molecule has 166 valence electrons. The number of halogens is 1. The molecule has 0 amide bonds. The Labute approximate surface area is 193 Å². The standard InChI is InChI=1S/C29H25FO3/c1-29(2,22-8-16-25(32-3)17-9-22)23-10-18-27(19-11-23)33-26-14-6-21(7-15-26)28(31)20-4-12-24(30)13-5-20/h4-19H,1-3H3. The molecule has 0 aliphatic heterocycles. The molecule has 33 heavy (non-hydrogen) atoms. The van der Waals surface area contributed by atoms with Gasteiger partial charge in [0.2, 0.25) is 0 Å². The van der Waals surface area contributed by atoms with Gasteiger partial charge in [0.25, 0.3) is 0 Å². The molecule has 0 bridgehead atoms. The molecule has 0 N–H and O–H groups in total. The van der Waals surface area contributed by atoms with E-state index in [-0.39, 0.29) is 17.0 Å². The molecule has 0 saturated carbocycles. The number of rotatable bonds is 7. The van der Waals surface area contributed by atoms with E-state index in [1.807, 2.05) is 24.3 Å². The minimum absolute atomic E-state index is 0.160. The maximum atomic E-state index is 13.1. The number of ketones is 1. The number of hydrogen-bond acceptors (Lipinski definition) is 3. The van der Waals surface area contributed by atoms with Gasteiger partial charge >= 0.3 is 0 Å². The van der Waals surface area contributed by atoms with E-state index < -0.39 is 0 Å². The first-order valence-electron chi connectivity index (χ1n) is 10.7. The molecular weight excluding hydrogens is 415 g/mol. The van der Waals surface area contributed by atoms with Crippen molar-refractivity contribution >= 4 is 5.78 Å². The van der Waals surface area contributed by atoms with Crippen LogP contribution in [0.4, 0.5) is 4.39 Å². The summed E-state index contributed by atoms with van der Waals surface area (Å²) in [5.74, 6) is 1.65. The van der Waals surface area contributed by atoms with E-state index in [1.54, 1.807) is 31.4 Å². The highest BCUT2D eigenvalue weighted by molar-refractivity contribution is 6.09. The van der Waals surface area contributed by atoms with Crippen molar-refractivity contribution in [1.29, 1.82) is 0 Å². The Morgan fingerprint density at radius 2 is 1.03 bits per heavy atom. The lowest BCUT2D eigenvalue weighted by molar-refractivity contribution is 0.103. The van der Waals surface area contributed by atoms with Crippen molar-refractivity contribution in [3.8, 4) is 17.2 Å². The van der Waals surface area contributed by atoms with Crippen molar-refractivity contribution < 1.29 is 18.7 Å². The van der Waals surface area contributed by atoms with Crippen LogP contribution in [0.3, 0.4) is 0 Å².